The Bertz CT molecular complexity index is 1690. The van der Waals surface area contributed by atoms with Crippen molar-refractivity contribution in [2.24, 2.45) is 5.92 Å². The predicted molar refractivity (Wildman–Crippen MR) is 136 cm³/mol. The molecule has 0 bridgehead atoms. The van der Waals surface area contributed by atoms with Gasteiger partial charge in [-0.15, -0.1) is 0 Å². The Labute approximate surface area is 216 Å². The quantitative estimate of drug-likeness (QED) is 0.349. The van der Waals surface area contributed by atoms with Gasteiger partial charge >= 0.3 is 0 Å². The first-order chi connectivity index (χ1) is 18.1. The zero-order valence-corrected chi connectivity index (χ0v) is 21.3. The molecule has 13 heteroatoms. The number of methoxy groups -OCH3 is 1. The van der Waals surface area contributed by atoms with E-state index in [1.54, 1.807) is 25.1 Å². The Morgan fingerprint density at radius 3 is 2.47 bits per heavy atom. The standard InChI is InChI=1S/C25H23F2N5O5S/c1-14(23(33)28-2)12-32-13-30-20-8-7-15(9-17(20)25(32)34)16-10-21(24(37-3)29-11-16)31-38(35,36)22-18(26)5-4-6-19(22)27/h4-11,13-14,31H,12H2,1-3H3,(H,28,33)/t14-/m0/s1. The van der Waals surface area contributed by atoms with Crippen LogP contribution in [0.15, 0.2) is 64.7 Å². The maximum absolute atomic E-state index is 14.2. The van der Waals surface area contributed by atoms with Crippen molar-refractivity contribution in [2.45, 2.75) is 18.4 Å². The van der Waals surface area contributed by atoms with E-state index in [1.165, 1.54) is 37.3 Å². The fourth-order valence-electron chi connectivity index (χ4n) is 3.87. The molecule has 1 amide bonds. The fraction of sp³-hybridized carbons (Fsp3) is 0.200. The topological polar surface area (TPSA) is 132 Å². The van der Waals surface area contributed by atoms with Gasteiger partial charge in [0.05, 0.1) is 30.3 Å². The number of fused-ring (bicyclic) bond motifs is 1. The fourth-order valence-corrected chi connectivity index (χ4v) is 5.06. The summed E-state index contributed by atoms with van der Waals surface area (Å²) in [6, 6.07) is 8.90. The van der Waals surface area contributed by atoms with Crippen molar-refractivity contribution in [3.05, 3.63) is 77.0 Å². The number of halogens is 2. The lowest BCUT2D eigenvalue weighted by Crippen LogP contribution is -2.32. The number of nitrogens with one attached hydrogen (secondary N) is 2. The molecule has 0 aliphatic carbocycles. The molecule has 4 rings (SSSR count). The van der Waals surface area contributed by atoms with E-state index in [2.05, 4.69) is 20.0 Å². The van der Waals surface area contributed by atoms with Crippen molar-refractivity contribution in [3.8, 4) is 17.0 Å². The maximum atomic E-state index is 14.2. The number of rotatable bonds is 8. The number of hydrogen-bond donors (Lipinski definition) is 2. The average Bonchev–Trinajstić information content (AvgIpc) is 2.89. The molecule has 0 spiro atoms. The summed E-state index contributed by atoms with van der Waals surface area (Å²) >= 11 is 0. The zero-order valence-electron chi connectivity index (χ0n) is 20.5. The highest BCUT2D eigenvalue weighted by atomic mass is 32.2. The van der Waals surface area contributed by atoms with Crippen LogP contribution in [0.4, 0.5) is 14.5 Å². The second-order valence-corrected chi connectivity index (χ2v) is 10.0. The molecular formula is C25H23F2N5O5S. The summed E-state index contributed by atoms with van der Waals surface area (Å²) in [6.45, 7) is 1.80. The summed E-state index contributed by atoms with van der Waals surface area (Å²) < 4.78 is 62.6. The van der Waals surface area contributed by atoms with Gasteiger partial charge in [0.1, 0.15) is 17.3 Å². The van der Waals surface area contributed by atoms with Crippen molar-refractivity contribution < 1.29 is 26.7 Å². The first-order valence-electron chi connectivity index (χ1n) is 11.3. The van der Waals surface area contributed by atoms with E-state index in [9.17, 15) is 26.8 Å². The lowest BCUT2D eigenvalue weighted by Gasteiger charge is -2.14. The average molecular weight is 544 g/mol. The predicted octanol–water partition coefficient (Wildman–Crippen LogP) is 2.93. The minimum absolute atomic E-state index is 0.119. The number of anilines is 1. The van der Waals surface area contributed by atoms with E-state index in [1.807, 2.05) is 0 Å². The maximum Gasteiger partial charge on any atom is 0.267 e. The number of benzene rings is 2. The second-order valence-electron chi connectivity index (χ2n) is 8.39. The van der Waals surface area contributed by atoms with Gasteiger partial charge in [0, 0.05) is 25.4 Å². The molecule has 198 valence electrons. The van der Waals surface area contributed by atoms with E-state index in [0.717, 1.165) is 18.2 Å². The highest BCUT2D eigenvalue weighted by molar-refractivity contribution is 7.92. The number of pyridine rings is 1. The van der Waals surface area contributed by atoms with Crippen LogP contribution < -0.4 is 20.3 Å². The Kier molecular flexibility index (Phi) is 7.39. The number of nitrogens with zero attached hydrogens (tertiary/aromatic N) is 3. The molecule has 1 atom stereocenters. The Hall–Kier alpha value is -4.39. The zero-order chi connectivity index (χ0) is 27.6. The number of sulfonamides is 1. The normalized spacial score (nSPS) is 12.2. The van der Waals surface area contributed by atoms with Gasteiger partial charge in [-0.1, -0.05) is 19.1 Å². The van der Waals surface area contributed by atoms with Crippen LogP contribution in [0.1, 0.15) is 6.92 Å². The van der Waals surface area contributed by atoms with Crippen LogP contribution in [0.5, 0.6) is 5.88 Å². The van der Waals surface area contributed by atoms with Gasteiger partial charge in [-0.3, -0.25) is 18.9 Å². The van der Waals surface area contributed by atoms with E-state index in [-0.39, 0.29) is 35.0 Å². The first-order valence-corrected chi connectivity index (χ1v) is 12.8. The molecule has 0 aliphatic rings. The molecule has 38 heavy (non-hydrogen) atoms. The van der Waals surface area contributed by atoms with Crippen LogP contribution in [0.2, 0.25) is 0 Å². The lowest BCUT2D eigenvalue weighted by atomic mass is 10.0. The van der Waals surface area contributed by atoms with Gasteiger partial charge in [0.2, 0.25) is 11.8 Å². The van der Waals surface area contributed by atoms with Gasteiger partial charge < -0.3 is 10.1 Å². The summed E-state index contributed by atoms with van der Waals surface area (Å²) in [7, 11) is -1.92. The summed E-state index contributed by atoms with van der Waals surface area (Å²) in [4.78, 5) is 32.3. The third-order valence-electron chi connectivity index (χ3n) is 5.80. The van der Waals surface area contributed by atoms with Gasteiger partial charge in [0.25, 0.3) is 15.6 Å². The van der Waals surface area contributed by atoms with Crippen molar-refractivity contribution in [2.75, 3.05) is 18.9 Å². The number of carbonyl (C=O) groups excluding carboxylic acids is 1. The molecule has 0 fully saturated rings. The molecule has 0 saturated heterocycles. The second kappa shape index (κ2) is 10.5. The Balaban J connectivity index is 1.75. The van der Waals surface area contributed by atoms with Crippen molar-refractivity contribution >= 4 is 32.5 Å². The number of hydrogen-bond acceptors (Lipinski definition) is 7. The molecule has 10 nitrogen and oxygen atoms in total. The van der Waals surface area contributed by atoms with Gasteiger partial charge in [-0.05, 0) is 35.9 Å². The summed E-state index contributed by atoms with van der Waals surface area (Å²) in [5.74, 6) is -3.35. The van der Waals surface area contributed by atoms with Crippen LogP contribution in [0, 0.1) is 17.6 Å². The number of amides is 1. The molecule has 2 N–H and O–H groups in total. The van der Waals surface area contributed by atoms with E-state index >= 15 is 0 Å². The lowest BCUT2D eigenvalue weighted by molar-refractivity contribution is -0.124. The molecule has 0 radical (unpaired) electrons. The SMILES string of the molecule is CNC(=O)[C@@H](C)Cn1cnc2ccc(-c3cnc(OC)c(NS(=O)(=O)c4c(F)cccc4F)c3)cc2c1=O. The molecule has 2 aromatic carbocycles. The number of aromatic nitrogens is 3. The van der Waals surface area contributed by atoms with Crippen molar-refractivity contribution in [1.29, 1.82) is 0 Å². The highest BCUT2D eigenvalue weighted by Crippen LogP contribution is 2.31. The Morgan fingerprint density at radius 1 is 1.11 bits per heavy atom. The molecule has 4 aromatic rings. The van der Waals surface area contributed by atoms with E-state index in [0.29, 0.717) is 16.6 Å². The molecular weight excluding hydrogens is 520 g/mol. The molecule has 2 heterocycles. The van der Waals surface area contributed by atoms with Crippen LogP contribution in [0.3, 0.4) is 0 Å². The molecule has 0 saturated carbocycles. The van der Waals surface area contributed by atoms with Crippen LogP contribution >= 0.6 is 0 Å². The van der Waals surface area contributed by atoms with Crippen LogP contribution in [-0.4, -0.2) is 43.0 Å². The minimum Gasteiger partial charge on any atom is -0.480 e. The van der Waals surface area contributed by atoms with Crippen LogP contribution in [-0.2, 0) is 21.4 Å². The van der Waals surface area contributed by atoms with E-state index in [4.69, 9.17) is 4.74 Å². The van der Waals surface area contributed by atoms with Gasteiger partial charge in [0.15, 0.2) is 4.90 Å². The summed E-state index contributed by atoms with van der Waals surface area (Å²) in [6.07, 6.45) is 2.76. The molecule has 2 aromatic heterocycles. The summed E-state index contributed by atoms with van der Waals surface area (Å²) in [5, 5.41) is 2.80. The minimum atomic E-state index is -4.69. The third kappa shape index (κ3) is 5.18. The first kappa shape index (κ1) is 26.7. The molecule has 0 unspecified atom stereocenters. The van der Waals surface area contributed by atoms with Crippen LogP contribution in [0.25, 0.3) is 22.0 Å². The largest absolute Gasteiger partial charge is 0.480 e. The highest BCUT2D eigenvalue weighted by Gasteiger charge is 2.25. The monoisotopic (exact) mass is 543 g/mol. The van der Waals surface area contributed by atoms with E-state index < -0.39 is 32.5 Å². The van der Waals surface area contributed by atoms with Gasteiger partial charge in [-0.25, -0.2) is 27.2 Å². The number of carbonyl (C=O) groups is 1. The van der Waals surface area contributed by atoms with Gasteiger partial charge in [-0.2, -0.15) is 0 Å². The Morgan fingerprint density at radius 2 is 1.82 bits per heavy atom. The smallest absolute Gasteiger partial charge is 0.267 e. The van der Waals surface area contributed by atoms with Crippen molar-refractivity contribution in [1.82, 2.24) is 19.9 Å². The van der Waals surface area contributed by atoms with Crippen molar-refractivity contribution in [3.63, 3.8) is 0 Å². The number of ether oxygens (including phenoxy) is 1. The third-order valence-corrected chi connectivity index (χ3v) is 7.21. The molecule has 0 aliphatic heterocycles. The summed E-state index contributed by atoms with van der Waals surface area (Å²) in [5.41, 5.74) is 0.745.